The van der Waals surface area contributed by atoms with Crippen LogP contribution in [-0.2, 0) is 4.79 Å². The number of hydrogen-bond acceptors (Lipinski definition) is 3. The van der Waals surface area contributed by atoms with Crippen molar-refractivity contribution in [1.29, 1.82) is 0 Å². The first-order valence-corrected chi connectivity index (χ1v) is 4.93. The number of carbonyl (C=O) groups excluding carboxylic acids is 1. The zero-order chi connectivity index (χ0) is 9.84. The molecule has 1 amide bonds. The van der Waals surface area contributed by atoms with Gasteiger partial charge >= 0.3 is 0 Å². The summed E-state index contributed by atoms with van der Waals surface area (Å²) in [6.45, 7) is 5.08. The number of nitrogens with one attached hydrogen (secondary N) is 1. The Kier molecular flexibility index (Phi) is 3.69. The predicted octanol–water partition coefficient (Wildman–Crippen LogP) is 0.239. The summed E-state index contributed by atoms with van der Waals surface area (Å²) in [5.41, 5.74) is 2.20. The number of amides is 1. The Hall–Kier alpha value is -0.610. The summed E-state index contributed by atoms with van der Waals surface area (Å²) in [5, 5.41) is 0. The molecule has 0 aliphatic carbocycles. The van der Waals surface area contributed by atoms with Gasteiger partial charge in [0.05, 0.1) is 6.04 Å². The Labute approximate surface area is 79.4 Å². The highest BCUT2D eigenvalue weighted by Crippen LogP contribution is 2.18. The molecule has 0 unspecified atom stereocenters. The molecule has 1 aliphatic heterocycles. The normalized spacial score (nSPS) is 26.8. The molecule has 1 rings (SSSR count). The molecule has 13 heavy (non-hydrogen) atoms. The smallest absolute Gasteiger partial charge is 0.250 e. The summed E-state index contributed by atoms with van der Waals surface area (Å²) in [4.78, 5) is 13.5. The Morgan fingerprint density at radius 1 is 1.62 bits per heavy atom. The van der Waals surface area contributed by atoms with Crippen molar-refractivity contribution in [2.45, 2.75) is 45.2 Å². The minimum atomic E-state index is -0.0969. The molecule has 1 fully saturated rings. The molecule has 0 bridgehead atoms. The summed E-state index contributed by atoms with van der Waals surface area (Å²) in [5.74, 6) is 5.01. The number of nitrogens with two attached hydrogens (primary N) is 1. The first-order valence-electron chi connectivity index (χ1n) is 4.93. The number of carbonyl (C=O) groups is 1. The molecule has 4 nitrogen and oxygen atoms in total. The fourth-order valence-corrected chi connectivity index (χ4v) is 1.97. The van der Waals surface area contributed by atoms with Crippen molar-refractivity contribution < 1.29 is 4.79 Å². The largest absolute Gasteiger partial charge is 0.293 e. The van der Waals surface area contributed by atoms with E-state index < -0.39 is 0 Å². The molecule has 0 aromatic heterocycles. The summed E-state index contributed by atoms with van der Waals surface area (Å²) < 4.78 is 0. The molecule has 1 heterocycles. The van der Waals surface area contributed by atoms with Gasteiger partial charge in [0, 0.05) is 6.04 Å². The van der Waals surface area contributed by atoms with Crippen LogP contribution in [0.5, 0.6) is 0 Å². The van der Waals surface area contributed by atoms with Crippen molar-refractivity contribution in [1.82, 2.24) is 10.3 Å². The standard InChI is InChI=1S/C9H19N3O/c1-7-5-3-4-6-12(7)8(2)9(13)11-10/h7-8H,3-6,10H2,1-2H3,(H,11,13)/t7-,8+/m0/s1. The maximum Gasteiger partial charge on any atom is 0.250 e. The zero-order valence-corrected chi connectivity index (χ0v) is 8.42. The van der Waals surface area contributed by atoms with Crippen molar-refractivity contribution in [3.8, 4) is 0 Å². The number of hydrazine groups is 1. The van der Waals surface area contributed by atoms with Crippen molar-refractivity contribution in [2.24, 2.45) is 5.84 Å². The van der Waals surface area contributed by atoms with E-state index >= 15 is 0 Å². The predicted molar refractivity (Wildman–Crippen MR) is 51.8 cm³/mol. The lowest BCUT2D eigenvalue weighted by molar-refractivity contribution is -0.127. The van der Waals surface area contributed by atoms with Crippen LogP contribution in [0.1, 0.15) is 33.1 Å². The van der Waals surface area contributed by atoms with E-state index in [-0.39, 0.29) is 11.9 Å². The Balaban J connectivity index is 2.53. The maximum absolute atomic E-state index is 11.3. The third-order valence-electron chi connectivity index (χ3n) is 2.87. The molecule has 76 valence electrons. The SMILES string of the molecule is C[C@H](C(=O)NN)N1CCCC[C@@H]1C. The first kappa shape index (κ1) is 10.5. The van der Waals surface area contributed by atoms with Crippen LogP contribution in [0, 0.1) is 0 Å². The molecule has 2 atom stereocenters. The summed E-state index contributed by atoms with van der Waals surface area (Å²) in [6, 6.07) is 0.404. The number of nitrogens with zero attached hydrogens (tertiary/aromatic N) is 1. The number of likely N-dealkylation sites (tertiary alicyclic amines) is 1. The van der Waals surface area contributed by atoms with E-state index in [0.717, 1.165) is 6.54 Å². The van der Waals surface area contributed by atoms with Gasteiger partial charge in [-0.1, -0.05) is 6.42 Å². The van der Waals surface area contributed by atoms with Gasteiger partial charge in [0.1, 0.15) is 0 Å². The van der Waals surface area contributed by atoms with E-state index in [0.29, 0.717) is 6.04 Å². The van der Waals surface area contributed by atoms with Crippen LogP contribution in [0.15, 0.2) is 0 Å². The van der Waals surface area contributed by atoms with Crippen molar-refractivity contribution >= 4 is 5.91 Å². The maximum atomic E-state index is 11.3. The molecule has 0 saturated carbocycles. The lowest BCUT2D eigenvalue weighted by Crippen LogP contribution is -2.52. The molecular weight excluding hydrogens is 166 g/mol. The van der Waals surface area contributed by atoms with Gasteiger partial charge < -0.3 is 0 Å². The van der Waals surface area contributed by atoms with Crippen LogP contribution in [0.3, 0.4) is 0 Å². The molecule has 1 saturated heterocycles. The lowest BCUT2D eigenvalue weighted by atomic mass is 10.0. The number of hydrogen-bond donors (Lipinski definition) is 2. The highest BCUT2D eigenvalue weighted by atomic mass is 16.2. The third kappa shape index (κ3) is 2.42. The average molecular weight is 185 g/mol. The van der Waals surface area contributed by atoms with Crippen molar-refractivity contribution in [2.75, 3.05) is 6.54 Å². The Morgan fingerprint density at radius 2 is 2.31 bits per heavy atom. The van der Waals surface area contributed by atoms with Gasteiger partial charge in [-0.15, -0.1) is 0 Å². The summed E-state index contributed by atoms with van der Waals surface area (Å²) in [6.07, 6.45) is 3.64. The Morgan fingerprint density at radius 3 is 2.85 bits per heavy atom. The quantitative estimate of drug-likeness (QED) is 0.368. The fourth-order valence-electron chi connectivity index (χ4n) is 1.97. The molecule has 4 heteroatoms. The van der Waals surface area contributed by atoms with Crippen LogP contribution in [0.2, 0.25) is 0 Å². The van der Waals surface area contributed by atoms with Gasteiger partial charge in [-0.2, -0.15) is 0 Å². The van der Waals surface area contributed by atoms with Crippen LogP contribution >= 0.6 is 0 Å². The van der Waals surface area contributed by atoms with E-state index in [2.05, 4.69) is 17.2 Å². The van der Waals surface area contributed by atoms with Gasteiger partial charge in [-0.25, -0.2) is 5.84 Å². The fraction of sp³-hybridized carbons (Fsp3) is 0.889. The van der Waals surface area contributed by atoms with Gasteiger partial charge in [0.25, 0.3) is 5.91 Å². The molecule has 3 N–H and O–H groups in total. The van der Waals surface area contributed by atoms with E-state index in [9.17, 15) is 4.79 Å². The van der Waals surface area contributed by atoms with E-state index in [1.807, 2.05) is 6.92 Å². The Bertz CT molecular complexity index is 184. The zero-order valence-electron chi connectivity index (χ0n) is 8.42. The summed E-state index contributed by atoms with van der Waals surface area (Å²) >= 11 is 0. The molecule has 0 spiro atoms. The van der Waals surface area contributed by atoms with Crippen LogP contribution < -0.4 is 11.3 Å². The van der Waals surface area contributed by atoms with Crippen molar-refractivity contribution in [3.63, 3.8) is 0 Å². The molecule has 0 radical (unpaired) electrons. The van der Waals surface area contributed by atoms with Gasteiger partial charge in [0.2, 0.25) is 0 Å². The second-order valence-corrected chi connectivity index (χ2v) is 3.77. The van der Waals surface area contributed by atoms with E-state index in [1.165, 1.54) is 19.3 Å². The second-order valence-electron chi connectivity index (χ2n) is 3.77. The van der Waals surface area contributed by atoms with E-state index in [1.54, 1.807) is 0 Å². The molecule has 1 aliphatic rings. The van der Waals surface area contributed by atoms with Crippen LogP contribution in [0.25, 0.3) is 0 Å². The monoisotopic (exact) mass is 185 g/mol. The molecular formula is C9H19N3O. The molecule has 0 aromatic carbocycles. The highest BCUT2D eigenvalue weighted by molar-refractivity contribution is 5.80. The lowest BCUT2D eigenvalue weighted by Gasteiger charge is -2.36. The molecule has 0 aromatic rings. The van der Waals surface area contributed by atoms with Gasteiger partial charge in [-0.3, -0.25) is 15.1 Å². The van der Waals surface area contributed by atoms with E-state index in [4.69, 9.17) is 5.84 Å². The van der Waals surface area contributed by atoms with Crippen molar-refractivity contribution in [3.05, 3.63) is 0 Å². The topological polar surface area (TPSA) is 58.4 Å². The van der Waals surface area contributed by atoms with Crippen LogP contribution in [0.4, 0.5) is 0 Å². The first-order chi connectivity index (χ1) is 6.16. The number of piperidine rings is 1. The minimum absolute atomic E-state index is 0.0891. The third-order valence-corrected chi connectivity index (χ3v) is 2.87. The minimum Gasteiger partial charge on any atom is -0.293 e. The highest BCUT2D eigenvalue weighted by Gasteiger charge is 2.26. The second kappa shape index (κ2) is 4.58. The van der Waals surface area contributed by atoms with Crippen LogP contribution in [-0.4, -0.2) is 29.4 Å². The average Bonchev–Trinajstić information content (AvgIpc) is 2.16. The summed E-state index contributed by atoms with van der Waals surface area (Å²) in [7, 11) is 0. The van der Waals surface area contributed by atoms with Gasteiger partial charge in [0.15, 0.2) is 0 Å². The van der Waals surface area contributed by atoms with Gasteiger partial charge in [-0.05, 0) is 33.2 Å². The number of rotatable bonds is 2.